The minimum Gasteiger partial charge on any atom is -0.497 e. The van der Waals surface area contributed by atoms with Gasteiger partial charge in [0.2, 0.25) is 0 Å². The fraction of sp³-hybridized carbons (Fsp3) is 0.474. The summed E-state index contributed by atoms with van der Waals surface area (Å²) in [6, 6.07) is 6.67. The minimum absolute atomic E-state index is 0.382. The Bertz CT molecular complexity index is 761. The lowest BCUT2D eigenvalue weighted by molar-refractivity contribution is 0.415. The van der Waals surface area contributed by atoms with Crippen LogP contribution in [0.2, 0.25) is 19.6 Å². The Morgan fingerprint density at radius 3 is 2.87 bits per heavy atom. The SMILES string of the molecule is COc1ccc2[nH]c3c(c2c1)CCNC3CCC#C[Si](C)(C)C. The molecule has 0 fully saturated rings. The summed E-state index contributed by atoms with van der Waals surface area (Å²) in [6.45, 7) is 7.91. The van der Waals surface area contributed by atoms with Crippen molar-refractivity contribution in [1.82, 2.24) is 10.3 Å². The van der Waals surface area contributed by atoms with E-state index in [1.165, 1.54) is 22.2 Å². The number of rotatable bonds is 3. The van der Waals surface area contributed by atoms with Gasteiger partial charge in [-0.1, -0.05) is 19.6 Å². The van der Waals surface area contributed by atoms with Crippen LogP contribution in [0, 0.1) is 11.5 Å². The van der Waals surface area contributed by atoms with Crippen molar-refractivity contribution in [2.45, 2.75) is 44.9 Å². The summed E-state index contributed by atoms with van der Waals surface area (Å²) < 4.78 is 5.38. The van der Waals surface area contributed by atoms with E-state index in [1.807, 2.05) is 6.07 Å². The monoisotopic (exact) mass is 326 g/mol. The van der Waals surface area contributed by atoms with Gasteiger partial charge in [-0.15, -0.1) is 11.5 Å². The van der Waals surface area contributed by atoms with E-state index in [9.17, 15) is 0 Å². The van der Waals surface area contributed by atoms with Crippen molar-refractivity contribution in [3.63, 3.8) is 0 Å². The molecule has 0 saturated carbocycles. The van der Waals surface area contributed by atoms with Crippen molar-refractivity contribution in [1.29, 1.82) is 0 Å². The van der Waals surface area contributed by atoms with Gasteiger partial charge in [0, 0.05) is 29.1 Å². The summed E-state index contributed by atoms with van der Waals surface area (Å²) >= 11 is 0. The zero-order valence-corrected chi connectivity index (χ0v) is 15.5. The predicted molar refractivity (Wildman–Crippen MR) is 99.7 cm³/mol. The van der Waals surface area contributed by atoms with Crippen LogP contribution in [0.25, 0.3) is 10.9 Å². The zero-order chi connectivity index (χ0) is 16.4. The largest absolute Gasteiger partial charge is 0.497 e. The maximum Gasteiger partial charge on any atom is 0.129 e. The average molecular weight is 327 g/mol. The number of nitrogens with one attached hydrogen (secondary N) is 2. The molecule has 4 heteroatoms. The lowest BCUT2D eigenvalue weighted by Crippen LogP contribution is -2.29. The van der Waals surface area contributed by atoms with Crippen LogP contribution in [0.1, 0.15) is 30.1 Å². The molecule has 0 spiro atoms. The standard InChI is InChI=1S/C19H26N2OSi/c1-22-14-8-9-17-16(13-14)15-10-11-20-18(19(15)21-17)7-5-6-12-23(2,3)4/h8-9,13,18,20-21H,5,7,10-11H2,1-4H3. The molecule has 2 heterocycles. The van der Waals surface area contributed by atoms with Gasteiger partial charge in [0.05, 0.1) is 7.11 Å². The van der Waals surface area contributed by atoms with Gasteiger partial charge in [0.1, 0.15) is 13.8 Å². The molecule has 0 radical (unpaired) electrons. The van der Waals surface area contributed by atoms with Crippen molar-refractivity contribution in [2.75, 3.05) is 13.7 Å². The predicted octanol–water partition coefficient (Wildman–Crippen LogP) is 4.02. The number of fused-ring (bicyclic) bond motifs is 3. The average Bonchev–Trinajstić information content (AvgIpc) is 2.89. The van der Waals surface area contributed by atoms with Crippen molar-refractivity contribution in [2.24, 2.45) is 0 Å². The molecule has 0 amide bonds. The Morgan fingerprint density at radius 1 is 1.30 bits per heavy atom. The van der Waals surface area contributed by atoms with Crippen molar-refractivity contribution < 1.29 is 4.74 Å². The van der Waals surface area contributed by atoms with E-state index in [0.29, 0.717) is 6.04 Å². The Morgan fingerprint density at radius 2 is 2.13 bits per heavy atom. The topological polar surface area (TPSA) is 37.0 Å². The van der Waals surface area contributed by atoms with Crippen LogP contribution < -0.4 is 10.1 Å². The summed E-state index contributed by atoms with van der Waals surface area (Å²) in [5.74, 6) is 4.32. The number of hydrogen-bond acceptors (Lipinski definition) is 2. The van der Waals surface area contributed by atoms with E-state index in [1.54, 1.807) is 7.11 Å². The van der Waals surface area contributed by atoms with E-state index < -0.39 is 8.07 Å². The molecule has 3 nitrogen and oxygen atoms in total. The third-order valence-electron chi connectivity index (χ3n) is 4.28. The van der Waals surface area contributed by atoms with E-state index in [2.05, 4.69) is 53.5 Å². The molecule has 122 valence electrons. The number of methoxy groups -OCH3 is 1. The molecule has 2 aromatic rings. The van der Waals surface area contributed by atoms with E-state index in [-0.39, 0.29) is 0 Å². The smallest absolute Gasteiger partial charge is 0.129 e. The van der Waals surface area contributed by atoms with Crippen LogP contribution in [-0.4, -0.2) is 26.7 Å². The number of hydrogen-bond donors (Lipinski definition) is 2. The quantitative estimate of drug-likeness (QED) is 0.660. The molecule has 0 saturated heterocycles. The lowest BCUT2D eigenvalue weighted by atomic mass is 9.96. The van der Waals surface area contributed by atoms with Gasteiger partial charge >= 0.3 is 0 Å². The first-order valence-corrected chi connectivity index (χ1v) is 11.9. The number of ether oxygens (including phenoxy) is 1. The minimum atomic E-state index is -1.26. The van der Waals surface area contributed by atoms with E-state index in [4.69, 9.17) is 4.74 Å². The summed E-state index contributed by atoms with van der Waals surface area (Å²) in [5, 5.41) is 4.95. The van der Waals surface area contributed by atoms with Crippen LogP contribution in [-0.2, 0) is 6.42 Å². The molecule has 23 heavy (non-hydrogen) atoms. The third kappa shape index (κ3) is 3.62. The molecule has 0 bridgehead atoms. The van der Waals surface area contributed by atoms with Gasteiger partial charge in [-0.3, -0.25) is 0 Å². The maximum atomic E-state index is 5.38. The molecule has 2 N–H and O–H groups in total. The van der Waals surface area contributed by atoms with E-state index >= 15 is 0 Å². The van der Waals surface area contributed by atoms with Crippen molar-refractivity contribution >= 4 is 19.0 Å². The number of benzene rings is 1. The second-order valence-electron chi connectivity index (χ2n) is 7.28. The summed E-state index contributed by atoms with van der Waals surface area (Å²) in [4.78, 5) is 3.62. The molecular weight excluding hydrogens is 300 g/mol. The highest BCUT2D eigenvalue weighted by Crippen LogP contribution is 2.33. The second kappa shape index (κ2) is 6.43. The highest BCUT2D eigenvalue weighted by atomic mass is 28.3. The molecule has 1 atom stereocenters. The summed E-state index contributed by atoms with van der Waals surface area (Å²) in [5.41, 5.74) is 7.45. The van der Waals surface area contributed by atoms with Crippen LogP contribution in [0.15, 0.2) is 18.2 Å². The Balaban J connectivity index is 1.83. The summed E-state index contributed by atoms with van der Waals surface area (Å²) in [6.07, 6.45) is 3.09. The summed E-state index contributed by atoms with van der Waals surface area (Å²) in [7, 11) is 0.468. The van der Waals surface area contributed by atoms with Crippen LogP contribution >= 0.6 is 0 Å². The van der Waals surface area contributed by atoms with Crippen LogP contribution in [0.4, 0.5) is 0 Å². The number of H-pyrrole nitrogens is 1. The normalized spacial score (nSPS) is 17.5. The molecule has 3 rings (SSSR count). The highest BCUT2D eigenvalue weighted by Gasteiger charge is 2.23. The zero-order valence-electron chi connectivity index (χ0n) is 14.5. The Kier molecular flexibility index (Phi) is 4.52. The van der Waals surface area contributed by atoms with Gasteiger partial charge < -0.3 is 15.0 Å². The van der Waals surface area contributed by atoms with Crippen molar-refractivity contribution in [3.8, 4) is 17.2 Å². The van der Waals surface area contributed by atoms with Gasteiger partial charge in [-0.25, -0.2) is 0 Å². The Labute approximate surface area is 139 Å². The van der Waals surface area contributed by atoms with Gasteiger partial charge in [0.25, 0.3) is 0 Å². The van der Waals surface area contributed by atoms with Gasteiger partial charge in [-0.2, -0.15) is 0 Å². The van der Waals surface area contributed by atoms with Gasteiger partial charge in [-0.05, 0) is 43.1 Å². The number of aromatic amines is 1. The molecular formula is C19H26N2OSi. The molecule has 1 aliphatic heterocycles. The molecule has 1 aromatic carbocycles. The van der Waals surface area contributed by atoms with Gasteiger partial charge in [0.15, 0.2) is 0 Å². The van der Waals surface area contributed by atoms with Crippen LogP contribution in [0.3, 0.4) is 0 Å². The third-order valence-corrected chi connectivity index (χ3v) is 5.21. The fourth-order valence-corrected chi connectivity index (χ4v) is 3.86. The molecule has 1 unspecified atom stereocenters. The molecule has 1 aromatic heterocycles. The lowest BCUT2D eigenvalue weighted by Gasteiger charge is -2.23. The first-order valence-electron chi connectivity index (χ1n) is 8.40. The maximum absolute atomic E-state index is 5.38. The highest BCUT2D eigenvalue weighted by molar-refractivity contribution is 6.83. The van der Waals surface area contributed by atoms with Crippen LogP contribution in [0.5, 0.6) is 5.75 Å². The fourth-order valence-electron chi connectivity index (χ4n) is 3.21. The van der Waals surface area contributed by atoms with E-state index in [0.717, 1.165) is 31.6 Å². The first-order chi connectivity index (χ1) is 11.0. The first kappa shape index (κ1) is 16.2. The second-order valence-corrected chi connectivity index (χ2v) is 12.0. The van der Waals surface area contributed by atoms with Crippen molar-refractivity contribution in [3.05, 3.63) is 29.5 Å². The molecule has 1 aliphatic rings. The number of aromatic nitrogens is 1. The Hall–Kier alpha value is -1.70. The molecule has 0 aliphatic carbocycles.